The van der Waals surface area contributed by atoms with Gasteiger partial charge in [-0.3, -0.25) is 9.58 Å². The number of aromatic nitrogens is 2. The highest BCUT2D eigenvalue weighted by molar-refractivity contribution is 5.25. The molecule has 1 aromatic heterocycles. The lowest BCUT2D eigenvalue weighted by atomic mass is 10.1. The predicted molar refractivity (Wildman–Crippen MR) is 98.3 cm³/mol. The van der Waals surface area contributed by atoms with E-state index >= 15 is 0 Å². The Morgan fingerprint density at radius 3 is 2.72 bits per heavy atom. The third-order valence-electron chi connectivity index (χ3n) is 4.96. The normalized spacial score (nSPS) is 17.5. The van der Waals surface area contributed by atoms with Crippen LogP contribution >= 0.6 is 0 Å². The number of aliphatic hydroxyl groups is 1. The van der Waals surface area contributed by atoms with Gasteiger partial charge in [0.05, 0.1) is 24.9 Å². The molecule has 1 fully saturated rings. The molecule has 0 radical (unpaired) electrons. The van der Waals surface area contributed by atoms with Gasteiger partial charge < -0.3 is 9.84 Å². The van der Waals surface area contributed by atoms with Crippen molar-refractivity contribution >= 4 is 0 Å². The summed E-state index contributed by atoms with van der Waals surface area (Å²) in [5.74, 6) is 0. The number of hydrogen-bond donors (Lipinski definition) is 1. The van der Waals surface area contributed by atoms with Crippen LogP contribution in [0.3, 0.4) is 0 Å². The molecule has 3 rings (SSSR count). The fourth-order valence-electron chi connectivity index (χ4n) is 3.60. The van der Waals surface area contributed by atoms with Gasteiger partial charge in [-0.2, -0.15) is 5.10 Å². The van der Waals surface area contributed by atoms with Gasteiger partial charge in [-0.1, -0.05) is 30.3 Å². The zero-order valence-electron chi connectivity index (χ0n) is 15.3. The van der Waals surface area contributed by atoms with Crippen molar-refractivity contribution in [1.29, 1.82) is 0 Å². The van der Waals surface area contributed by atoms with Gasteiger partial charge in [-0.15, -0.1) is 0 Å². The van der Waals surface area contributed by atoms with E-state index in [1.165, 1.54) is 11.1 Å². The Bertz CT molecular complexity index is 663. The van der Waals surface area contributed by atoms with E-state index in [1.54, 1.807) is 0 Å². The third-order valence-corrected chi connectivity index (χ3v) is 4.96. The van der Waals surface area contributed by atoms with Crippen molar-refractivity contribution in [1.82, 2.24) is 14.7 Å². The average Bonchev–Trinajstić information content (AvgIpc) is 3.20. The Kier molecular flexibility index (Phi) is 6.24. The zero-order valence-corrected chi connectivity index (χ0v) is 15.3. The molecule has 0 spiro atoms. The Labute approximate surface area is 150 Å². The highest BCUT2D eigenvalue weighted by Crippen LogP contribution is 2.20. The minimum atomic E-state index is 0.116. The largest absolute Gasteiger partial charge is 0.394 e. The van der Waals surface area contributed by atoms with Gasteiger partial charge in [0, 0.05) is 37.5 Å². The van der Waals surface area contributed by atoms with Crippen molar-refractivity contribution in [2.45, 2.75) is 52.4 Å². The van der Waals surface area contributed by atoms with E-state index in [0.29, 0.717) is 12.6 Å². The second-order valence-electron chi connectivity index (χ2n) is 6.89. The first kappa shape index (κ1) is 18.1. The van der Waals surface area contributed by atoms with Crippen LogP contribution in [0.15, 0.2) is 30.3 Å². The number of rotatable bonds is 8. The molecule has 1 aliphatic rings. The molecule has 0 amide bonds. The zero-order chi connectivity index (χ0) is 17.6. The van der Waals surface area contributed by atoms with E-state index < -0.39 is 0 Å². The molecule has 0 saturated carbocycles. The molecule has 1 N–H and O–H groups in total. The quantitative estimate of drug-likeness (QED) is 0.801. The lowest BCUT2D eigenvalue weighted by Gasteiger charge is -2.25. The molecule has 1 unspecified atom stereocenters. The maximum atomic E-state index is 9.22. The monoisotopic (exact) mass is 343 g/mol. The van der Waals surface area contributed by atoms with Gasteiger partial charge in [0.2, 0.25) is 0 Å². The number of ether oxygens (including phenoxy) is 1. The van der Waals surface area contributed by atoms with Crippen LogP contribution in [0.1, 0.15) is 35.4 Å². The van der Waals surface area contributed by atoms with E-state index in [4.69, 9.17) is 4.74 Å². The van der Waals surface area contributed by atoms with E-state index in [9.17, 15) is 5.11 Å². The third kappa shape index (κ3) is 4.69. The molecule has 1 atom stereocenters. The fraction of sp³-hybridized carbons (Fsp3) is 0.550. The summed E-state index contributed by atoms with van der Waals surface area (Å²) in [4.78, 5) is 2.46. The lowest BCUT2D eigenvalue weighted by Crippen LogP contribution is -2.31. The summed E-state index contributed by atoms with van der Waals surface area (Å²) in [6, 6.07) is 10.6. The van der Waals surface area contributed by atoms with Crippen molar-refractivity contribution < 1.29 is 9.84 Å². The summed E-state index contributed by atoms with van der Waals surface area (Å²) in [5.41, 5.74) is 4.79. The second-order valence-corrected chi connectivity index (χ2v) is 6.89. The summed E-state index contributed by atoms with van der Waals surface area (Å²) in [5, 5.41) is 13.8. The Morgan fingerprint density at radius 1 is 1.24 bits per heavy atom. The van der Waals surface area contributed by atoms with E-state index in [1.807, 2.05) is 4.68 Å². The van der Waals surface area contributed by atoms with Crippen LogP contribution in [0, 0.1) is 13.8 Å². The van der Waals surface area contributed by atoms with Crippen molar-refractivity contribution in [2.24, 2.45) is 0 Å². The average molecular weight is 343 g/mol. The second kappa shape index (κ2) is 8.61. The topological polar surface area (TPSA) is 50.5 Å². The van der Waals surface area contributed by atoms with Gasteiger partial charge in [-0.25, -0.2) is 0 Å². The van der Waals surface area contributed by atoms with Crippen LogP contribution in [-0.2, 0) is 24.4 Å². The van der Waals surface area contributed by atoms with Crippen molar-refractivity contribution in [3.63, 3.8) is 0 Å². The van der Waals surface area contributed by atoms with Crippen LogP contribution in [-0.4, -0.2) is 45.6 Å². The molecule has 0 bridgehead atoms. The number of nitrogens with zero attached hydrogens (tertiary/aromatic N) is 3. The van der Waals surface area contributed by atoms with Crippen molar-refractivity contribution in [2.75, 3.05) is 19.8 Å². The minimum absolute atomic E-state index is 0.116. The van der Waals surface area contributed by atoms with Gasteiger partial charge >= 0.3 is 0 Å². The molecule has 1 saturated heterocycles. The van der Waals surface area contributed by atoms with Gasteiger partial charge in [0.15, 0.2) is 0 Å². The van der Waals surface area contributed by atoms with Crippen LogP contribution in [0.2, 0.25) is 0 Å². The number of aryl methyl sites for hydroxylation is 1. The van der Waals surface area contributed by atoms with Crippen LogP contribution in [0.4, 0.5) is 0 Å². The van der Waals surface area contributed by atoms with Gasteiger partial charge in [0.1, 0.15) is 0 Å². The molecule has 2 heterocycles. The molecule has 2 aromatic rings. The summed E-state index contributed by atoms with van der Waals surface area (Å²) in [6.07, 6.45) is 2.64. The molecular formula is C20H29N3O2. The fourth-order valence-corrected chi connectivity index (χ4v) is 3.60. The van der Waals surface area contributed by atoms with E-state index in [0.717, 1.165) is 50.5 Å². The Morgan fingerprint density at radius 2 is 2.04 bits per heavy atom. The SMILES string of the molecule is Cc1nn(CCO)c(C)c1CN(Cc1ccccc1)CC1CCCO1. The molecule has 25 heavy (non-hydrogen) atoms. The van der Waals surface area contributed by atoms with Crippen molar-refractivity contribution in [3.8, 4) is 0 Å². The first-order valence-corrected chi connectivity index (χ1v) is 9.19. The standard InChI is InChI=1S/C20H29N3O2/c1-16-20(17(2)23(21-16)10-11-24)15-22(14-19-9-6-12-25-19)13-18-7-4-3-5-8-18/h3-5,7-8,19,24H,6,9-15H2,1-2H3. The molecule has 136 valence electrons. The molecule has 1 aliphatic heterocycles. The smallest absolute Gasteiger partial charge is 0.0703 e. The molecule has 0 aliphatic carbocycles. The molecule has 5 nitrogen and oxygen atoms in total. The summed E-state index contributed by atoms with van der Waals surface area (Å²) in [7, 11) is 0. The molecular weight excluding hydrogens is 314 g/mol. The Hall–Kier alpha value is -1.69. The summed E-state index contributed by atoms with van der Waals surface area (Å²) >= 11 is 0. The number of aliphatic hydroxyl groups excluding tert-OH is 1. The lowest BCUT2D eigenvalue weighted by molar-refractivity contribution is 0.0677. The van der Waals surface area contributed by atoms with Crippen molar-refractivity contribution in [3.05, 3.63) is 52.8 Å². The van der Waals surface area contributed by atoms with Gasteiger partial charge in [-0.05, 0) is 32.3 Å². The number of hydrogen-bond acceptors (Lipinski definition) is 4. The first-order valence-electron chi connectivity index (χ1n) is 9.19. The summed E-state index contributed by atoms with van der Waals surface area (Å²) in [6.45, 7) is 8.42. The van der Waals surface area contributed by atoms with E-state index in [-0.39, 0.29) is 6.61 Å². The maximum absolute atomic E-state index is 9.22. The van der Waals surface area contributed by atoms with Crippen LogP contribution in [0.25, 0.3) is 0 Å². The van der Waals surface area contributed by atoms with Crippen LogP contribution < -0.4 is 0 Å². The van der Waals surface area contributed by atoms with Crippen LogP contribution in [0.5, 0.6) is 0 Å². The highest BCUT2D eigenvalue weighted by Gasteiger charge is 2.22. The first-order chi connectivity index (χ1) is 12.2. The predicted octanol–water partition coefficient (Wildman–Crippen LogP) is 2.67. The molecule has 1 aromatic carbocycles. The minimum Gasteiger partial charge on any atom is -0.394 e. The maximum Gasteiger partial charge on any atom is 0.0703 e. The Balaban J connectivity index is 1.76. The number of benzene rings is 1. The highest BCUT2D eigenvalue weighted by atomic mass is 16.5. The van der Waals surface area contributed by atoms with E-state index in [2.05, 4.69) is 54.2 Å². The molecule has 5 heteroatoms. The van der Waals surface area contributed by atoms with Gasteiger partial charge in [0.25, 0.3) is 0 Å². The summed E-state index contributed by atoms with van der Waals surface area (Å²) < 4.78 is 7.78.